The highest BCUT2D eigenvalue weighted by Gasteiger charge is 2.23. The van der Waals surface area contributed by atoms with Crippen molar-refractivity contribution in [2.24, 2.45) is 0 Å². The number of hydrogen-bond donors (Lipinski definition) is 2. The topological polar surface area (TPSA) is 58.9 Å². The molecular formula is C34H26O4. The number of fused-ring (bicyclic) bond motifs is 2. The standard InChI is InChI=1S/C34H26O4/c1-37-25-13-7-11-21(17-25)29-19-23-9-3-5-15-27(23)31(33(29)35)32-28-16-6-4-10-24(28)20-30(34(32)36)22-12-8-14-26(18-22)38-2/h3-20,35-36H,1-2H3. The number of aromatic hydroxyl groups is 2. The van der Waals surface area contributed by atoms with E-state index in [1.54, 1.807) is 14.2 Å². The lowest BCUT2D eigenvalue weighted by molar-refractivity contribution is 0.415. The van der Waals surface area contributed by atoms with Crippen LogP contribution in [0.1, 0.15) is 0 Å². The van der Waals surface area contributed by atoms with Crippen LogP contribution in [-0.2, 0) is 0 Å². The van der Waals surface area contributed by atoms with E-state index in [-0.39, 0.29) is 11.5 Å². The zero-order valence-electron chi connectivity index (χ0n) is 21.1. The Kier molecular flexibility index (Phi) is 5.85. The lowest BCUT2D eigenvalue weighted by Crippen LogP contribution is -1.92. The number of phenolic OH excluding ortho intramolecular Hbond substituents is 2. The van der Waals surface area contributed by atoms with Crippen LogP contribution >= 0.6 is 0 Å². The second-order valence-corrected chi connectivity index (χ2v) is 9.20. The smallest absolute Gasteiger partial charge is 0.132 e. The summed E-state index contributed by atoms with van der Waals surface area (Å²) in [5.74, 6) is 1.59. The Morgan fingerprint density at radius 2 is 0.895 bits per heavy atom. The lowest BCUT2D eigenvalue weighted by Gasteiger charge is -2.19. The number of phenols is 2. The van der Waals surface area contributed by atoms with E-state index in [1.807, 2.05) is 109 Å². The van der Waals surface area contributed by atoms with Gasteiger partial charge in [-0.3, -0.25) is 0 Å². The fourth-order valence-electron chi connectivity index (χ4n) is 5.20. The SMILES string of the molecule is COc1cccc(-c2cc3ccccc3c(-c3c(O)c(-c4cccc(OC)c4)cc4ccccc34)c2O)c1. The average molecular weight is 499 g/mol. The summed E-state index contributed by atoms with van der Waals surface area (Å²) in [5, 5.41) is 27.4. The van der Waals surface area contributed by atoms with Gasteiger partial charge in [-0.1, -0.05) is 72.8 Å². The minimum absolute atomic E-state index is 0.0974. The molecule has 0 unspecified atom stereocenters. The summed E-state index contributed by atoms with van der Waals surface area (Å²) >= 11 is 0. The van der Waals surface area contributed by atoms with Crippen LogP contribution in [0.5, 0.6) is 23.0 Å². The second kappa shape index (κ2) is 9.49. The number of rotatable bonds is 5. The second-order valence-electron chi connectivity index (χ2n) is 9.20. The van der Waals surface area contributed by atoms with E-state index in [4.69, 9.17) is 9.47 Å². The van der Waals surface area contributed by atoms with E-state index < -0.39 is 0 Å². The zero-order chi connectivity index (χ0) is 26.2. The lowest BCUT2D eigenvalue weighted by atomic mass is 9.86. The molecule has 6 rings (SSSR count). The fourth-order valence-corrected chi connectivity index (χ4v) is 5.20. The maximum Gasteiger partial charge on any atom is 0.132 e. The molecule has 4 heteroatoms. The van der Waals surface area contributed by atoms with Crippen LogP contribution in [-0.4, -0.2) is 24.4 Å². The molecule has 0 aliphatic rings. The zero-order valence-corrected chi connectivity index (χ0v) is 21.1. The number of benzene rings is 6. The summed E-state index contributed by atoms with van der Waals surface area (Å²) in [5.41, 5.74) is 4.13. The van der Waals surface area contributed by atoms with Crippen LogP contribution in [0.15, 0.2) is 109 Å². The van der Waals surface area contributed by atoms with E-state index in [9.17, 15) is 10.2 Å². The van der Waals surface area contributed by atoms with Crippen LogP contribution < -0.4 is 9.47 Å². The maximum absolute atomic E-state index is 11.9. The molecule has 0 aromatic heterocycles. The van der Waals surface area contributed by atoms with Crippen LogP contribution in [0.2, 0.25) is 0 Å². The molecule has 0 spiro atoms. The Balaban J connectivity index is 1.74. The Morgan fingerprint density at radius 3 is 1.32 bits per heavy atom. The molecule has 0 amide bonds. The molecule has 0 fully saturated rings. The summed E-state index contributed by atoms with van der Waals surface area (Å²) in [6.45, 7) is 0. The van der Waals surface area contributed by atoms with Crippen molar-refractivity contribution in [2.45, 2.75) is 0 Å². The van der Waals surface area contributed by atoms with Gasteiger partial charge in [-0.05, 0) is 69.1 Å². The Morgan fingerprint density at radius 1 is 0.474 bits per heavy atom. The summed E-state index contributed by atoms with van der Waals surface area (Å²) in [7, 11) is 3.25. The highest BCUT2D eigenvalue weighted by Crippen LogP contribution is 2.51. The molecule has 0 atom stereocenters. The van der Waals surface area contributed by atoms with Gasteiger partial charge in [0.1, 0.15) is 23.0 Å². The van der Waals surface area contributed by atoms with E-state index in [1.165, 1.54) is 0 Å². The normalized spacial score (nSPS) is 11.1. The van der Waals surface area contributed by atoms with E-state index in [0.29, 0.717) is 33.8 Å². The number of ether oxygens (including phenoxy) is 2. The highest BCUT2D eigenvalue weighted by molar-refractivity contribution is 6.13. The molecule has 0 radical (unpaired) electrons. The monoisotopic (exact) mass is 498 g/mol. The van der Waals surface area contributed by atoms with E-state index in [2.05, 4.69) is 0 Å². The summed E-state index contributed by atoms with van der Waals surface area (Å²) in [6.07, 6.45) is 0. The van der Waals surface area contributed by atoms with Gasteiger partial charge in [-0.2, -0.15) is 0 Å². The first-order valence-corrected chi connectivity index (χ1v) is 12.4. The van der Waals surface area contributed by atoms with E-state index in [0.717, 1.165) is 32.7 Å². The quantitative estimate of drug-likeness (QED) is 0.250. The average Bonchev–Trinajstić information content (AvgIpc) is 2.97. The van der Waals surface area contributed by atoms with Crippen molar-refractivity contribution < 1.29 is 19.7 Å². The predicted octanol–water partition coefficient (Wildman–Crippen LogP) is 8.42. The number of hydrogen-bond acceptors (Lipinski definition) is 4. The maximum atomic E-state index is 11.9. The van der Waals surface area contributed by atoms with Gasteiger partial charge in [-0.15, -0.1) is 0 Å². The van der Waals surface area contributed by atoms with Crippen molar-refractivity contribution in [3.8, 4) is 56.4 Å². The van der Waals surface area contributed by atoms with Crippen molar-refractivity contribution in [3.05, 3.63) is 109 Å². The summed E-state index contributed by atoms with van der Waals surface area (Å²) < 4.78 is 10.9. The third-order valence-electron chi connectivity index (χ3n) is 7.06. The van der Waals surface area contributed by atoms with Gasteiger partial charge in [0.2, 0.25) is 0 Å². The van der Waals surface area contributed by atoms with Crippen molar-refractivity contribution in [3.63, 3.8) is 0 Å². The predicted molar refractivity (Wildman–Crippen MR) is 154 cm³/mol. The largest absolute Gasteiger partial charge is 0.507 e. The minimum atomic E-state index is 0.0974. The first-order valence-electron chi connectivity index (χ1n) is 12.4. The third-order valence-corrected chi connectivity index (χ3v) is 7.06. The van der Waals surface area contributed by atoms with Crippen LogP contribution in [0.4, 0.5) is 0 Å². The van der Waals surface area contributed by atoms with Gasteiger partial charge in [-0.25, -0.2) is 0 Å². The van der Waals surface area contributed by atoms with Crippen molar-refractivity contribution in [1.29, 1.82) is 0 Å². The minimum Gasteiger partial charge on any atom is -0.507 e. The Labute approximate surface area is 221 Å². The summed E-state index contributed by atoms with van der Waals surface area (Å²) in [6, 6.07) is 35.0. The Hall–Kier alpha value is -4.96. The molecule has 6 aromatic carbocycles. The van der Waals surface area contributed by atoms with Gasteiger partial charge in [0.15, 0.2) is 0 Å². The molecule has 4 nitrogen and oxygen atoms in total. The van der Waals surface area contributed by atoms with Gasteiger partial charge < -0.3 is 19.7 Å². The van der Waals surface area contributed by atoms with Gasteiger partial charge in [0.25, 0.3) is 0 Å². The van der Waals surface area contributed by atoms with Gasteiger partial charge in [0, 0.05) is 22.3 Å². The van der Waals surface area contributed by atoms with Crippen molar-refractivity contribution in [2.75, 3.05) is 14.2 Å². The molecule has 0 saturated heterocycles. The molecule has 186 valence electrons. The first-order chi connectivity index (χ1) is 18.6. The first kappa shape index (κ1) is 23.4. The van der Waals surface area contributed by atoms with Crippen molar-refractivity contribution >= 4 is 21.5 Å². The molecule has 0 saturated carbocycles. The molecule has 0 aliphatic carbocycles. The van der Waals surface area contributed by atoms with Crippen LogP contribution in [0.25, 0.3) is 54.9 Å². The van der Waals surface area contributed by atoms with Gasteiger partial charge in [0.05, 0.1) is 14.2 Å². The molecule has 6 aromatic rings. The molecule has 0 bridgehead atoms. The summed E-state index contributed by atoms with van der Waals surface area (Å²) in [4.78, 5) is 0. The van der Waals surface area contributed by atoms with Crippen LogP contribution in [0, 0.1) is 0 Å². The molecule has 0 aliphatic heterocycles. The number of methoxy groups -OCH3 is 2. The van der Waals surface area contributed by atoms with E-state index >= 15 is 0 Å². The molecular weight excluding hydrogens is 472 g/mol. The molecule has 38 heavy (non-hydrogen) atoms. The highest BCUT2D eigenvalue weighted by atomic mass is 16.5. The van der Waals surface area contributed by atoms with Crippen LogP contribution in [0.3, 0.4) is 0 Å². The fraction of sp³-hybridized carbons (Fsp3) is 0.0588. The molecule has 0 heterocycles. The Bertz CT molecular complexity index is 1690. The van der Waals surface area contributed by atoms with Gasteiger partial charge >= 0.3 is 0 Å². The third kappa shape index (κ3) is 3.87. The van der Waals surface area contributed by atoms with Crippen molar-refractivity contribution in [1.82, 2.24) is 0 Å². The molecule has 2 N–H and O–H groups in total.